The lowest BCUT2D eigenvalue weighted by Gasteiger charge is -2.12. The van der Waals surface area contributed by atoms with Crippen molar-refractivity contribution in [2.45, 2.75) is 40.2 Å². The van der Waals surface area contributed by atoms with E-state index in [0.29, 0.717) is 23.2 Å². The summed E-state index contributed by atoms with van der Waals surface area (Å²) in [5.41, 5.74) is 4.24. The number of pyridine rings is 1. The van der Waals surface area contributed by atoms with Crippen molar-refractivity contribution in [2.24, 2.45) is 0 Å². The topological polar surface area (TPSA) is 80.0 Å². The first-order valence-electron chi connectivity index (χ1n) is 8.88. The summed E-state index contributed by atoms with van der Waals surface area (Å²) in [6, 6.07) is 9.58. The minimum Gasteiger partial charge on any atom is -0.335 e. The van der Waals surface area contributed by atoms with Crippen molar-refractivity contribution in [1.82, 2.24) is 15.5 Å². The zero-order chi connectivity index (χ0) is 18.7. The largest absolute Gasteiger partial charge is 0.335 e. The predicted molar refractivity (Wildman–Crippen MR) is 110 cm³/mol. The van der Waals surface area contributed by atoms with E-state index in [0.717, 1.165) is 29.2 Å². The summed E-state index contributed by atoms with van der Waals surface area (Å²) in [6.45, 7) is 9.49. The average molecular weight is 389 g/mol. The van der Waals surface area contributed by atoms with Gasteiger partial charge in [-0.1, -0.05) is 44.1 Å². The van der Waals surface area contributed by atoms with Crippen LogP contribution in [0.4, 0.5) is 5.69 Å². The summed E-state index contributed by atoms with van der Waals surface area (Å²) >= 11 is 0. The maximum atomic E-state index is 13.1. The fourth-order valence-corrected chi connectivity index (χ4v) is 2.92. The molecule has 0 bridgehead atoms. The van der Waals surface area contributed by atoms with E-state index in [4.69, 9.17) is 4.52 Å². The van der Waals surface area contributed by atoms with Crippen LogP contribution in [0.5, 0.6) is 0 Å². The fourth-order valence-electron chi connectivity index (χ4n) is 2.92. The van der Waals surface area contributed by atoms with Crippen LogP contribution in [0, 0.1) is 6.92 Å². The molecule has 1 aromatic carbocycles. The molecule has 2 heterocycles. The highest BCUT2D eigenvalue weighted by Crippen LogP contribution is 2.28. The number of benzene rings is 1. The Morgan fingerprint density at radius 1 is 1.26 bits per heavy atom. The number of rotatable bonds is 6. The number of hydrogen-bond donors (Lipinski definition) is 2. The van der Waals surface area contributed by atoms with Crippen LogP contribution in [-0.4, -0.2) is 22.6 Å². The van der Waals surface area contributed by atoms with Crippen LogP contribution < -0.4 is 10.6 Å². The van der Waals surface area contributed by atoms with Crippen LogP contribution in [0.1, 0.15) is 54.0 Å². The summed E-state index contributed by atoms with van der Waals surface area (Å²) < 4.78 is 5.36. The Balaban J connectivity index is 0.00000261. The standard InChI is InChI=1S/C20H24N4O2.ClH/c1-5-21-11-14-8-6-7-9-16(14)23-19(25)15-10-13(4)22-20-17(15)18(12(2)3)24-26-20;/h6-10,12,21H,5,11H2,1-4H3,(H,23,25);1H. The van der Waals surface area contributed by atoms with Gasteiger partial charge < -0.3 is 15.2 Å². The minimum absolute atomic E-state index is 0. The number of halogens is 1. The number of amides is 1. The van der Waals surface area contributed by atoms with E-state index >= 15 is 0 Å². The number of hydrogen-bond acceptors (Lipinski definition) is 5. The maximum Gasteiger partial charge on any atom is 0.259 e. The van der Waals surface area contributed by atoms with Crippen LogP contribution in [0.2, 0.25) is 0 Å². The van der Waals surface area contributed by atoms with E-state index in [1.54, 1.807) is 6.07 Å². The van der Waals surface area contributed by atoms with Gasteiger partial charge in [-0.3, -0.25) is 4.79 Å². The molecule has 3 aromatic rings. The van der Waals surface area contributed by atoms with Gasteiger partial charge in [-0.25, -0.2) is 4.98 Å². The second-order valence-electron chi connectivity index (χ2n) is 6.61. The molecule has 0 spiro atoms. The van der Waals surface area contributed by atoms with Gasteiger partial charge in [0.25, 0.3) is 11.6 Å². The van der Waals surface area contributed by atoms with Gasteiger partial charge in [0.2, 0.25) is 0 Å². The van der Waals surface area contributed by atoms with Crippen LogP contribution >= 0.6 is 12.4 Å². The predicted octanol–water partition coefficient (Wildman–Crippen LogP) is 4.44. The van der Waals surface area contributed by atoms with Gasteiger partial charge in [-0.05, 0) is 37.1 Å². The third-order valence-corrected chi connectivity index (χ3v) is 4.22. The van der Waals surface area contributed by atoms with Crippen molar-refractivity contribution in [1.29, 1.82) is 0 Å². The smallest absolute Gasteiger partial charge is 0.259 e. The highest BCUT2D eigenvalue weighted by molar-refractivity contribution is 6.12. The summed E-state index contributed by atoms with van der Waals surface area (Å²) in [7, 11) is 0. The lowest BCUT2D eigenvalue weighted by molar-refractivity contribution is 0.102. The number of aryl methyl sites for hydroxylation is 1. The van der Waals surface area contributed by atoms with Gasteiger partial charge in [-0.15, -0.1) is 12.4 Å². The van der Waals surface area contributed by atoms with Crippen molar-refractivity contribution in [3.05, 3.63) is 52.8 Å². The average Bonchev–Trinajstić information content (AvgIpc) is 3.04. The molecule has 0 aliphatic heterocycles. The molecule has 0 saturated heterocycles. The van der Waals surface area contributed by atoms with Crippen molar-refractivity contribution in [2.75, 3.05) is 11.9 Å². The van der Waals surface area contributed by atoms with Crippen molar-refractivity contribution >= 4 is 35.1 Å². The molecular weight excluding hydrogens is 364 g/mol. The summed E-state index contributed by atoms with van der Waals surface area (Å²) in [6.07, 6.45) is 0. The fraction of sp³-hybridized carbons (Fsp3) is 0.350. The van der Waals surface area contributed by atoms with Crippen molar-refractivity contribution < 1.29 is 9.32 Å². The third kappa shape index (κ3) is 4.46. The lowest BCUT2D eigenvalue weighted by atomic mass is 10.0. The first-order chi connectivity index (χ1) is 12.5. The molecule has 0 saturated carbocycles. The summed E-state index contributed by atoms with van der Waals surface area (Å²) in [4.78, 5) is 17.4. The van der Waals surface area contributed by atoms with Crippen molar-refractivity contribution in [3.63, 3.8) is 0 Å². The van der Waals surface area contributed by atoms with Gasteiger partial charge in [0.05, 0.1) is 16.6 Å². The van der Waals surface area contributed by atoms with Crippen molar-refractivity contribution in [3.8, 4) is 0 Å². The van der Waals surface area contributed by atoms with Gasteiger partial charge in [-0.2, -0.15) is 0 Å². The van der Waals surface area contributed by atoms with Crippen LogP contribution in [0.3, 0.4) is 0 Å². The van der Waals surface area contributed by atoms with E-state index < -0.39 is 0 Å². The molecule has 0 radical (unpaired) electrons. The Morgan fingerprint density at radius 3 is 2.70 bits per heavy atom. The molecule has 27 heavy (non-hydrogen) atoms. The van der Waals surface area contributed by atoms with Gasteiger partial charge in [0.1, 0.15) is 0 Å². The zero-order valence-electron chi connectivity index (χ0n) is 16.0. The normalized spacial score (nSPS) is 10.9. The molecule has 0 fully saturated rings. The Labute approximate surface area is 165 Å². The molecule has 0 unspecified atom stereocenters. The first kappa shape index (κ1) is 20.9. The number of carbonyl (C=O) groups excluding carboxylic acids is 1. The number of fused-ring (bicyclic) bond motifs is 1. The SMILES string of the molecule is CCNCc1ccccc1NC(=O)c1cc(C)nc2onc(C(C)C)c12.Cl. The molecular formula is C20H25ClN4O2. The monoisotopic (exact) mass is 388 g/mol. The van der Waals surface area contributed by atoms with Crippen LogP contribution in [-0.2, 0) is 6.54 Å². The van der Waals surface area contributed by atoms with E-state index in [9.17, 15) is 4.79 Å². The molecule has 144 valence electrons. The molecule has 7 heteroatoms. The van der Waals surface area contributed by atoms with Gasteiger partial charge >= 0.3 is 0 Å². The molecule has 6 nitrogen and oxygen atoms in total. The second kappa shape index (κ2) is 8.97. The highest BCUT2D eigenvalue weighted by atomic mass is 35.5. The van der Waals surface area contributed by atoms with Crippen LogP contribution in [0.15, 0.2) is 34.9 Å². The number of para-hydroxylation sites is 1. The van der Waals surface area contributed by atoms with E-state index in [-0.39, 0.29) is 24.2 Å². The second-order valence-corrected chi connectivity index (χ2v) is 6.61. The Morgan fingerprint density at radius 2 is 2.00 bits per heavy atom. The van der Waals surface area contributed by atoms with Gasteiger partial charge in [0, 0.05) is 17.9 Å². The molecule has 0 aliphatic carbocycles. The molecule has 1 amide bonds. The lowest BCUT2D eigenvalue weighted by Crippen LogP contribution is -2.17. The van der Waals surface area contributed by atoms with E-state index in [2.05, 4.69) is 27.7 Å². The molecule has 2 N–H and O–H groups in total. The first-order valence-corrected chi connectivity index (χ1v) is 8.88. The Kier molecular flexibility index (Phi) is 6.93. The highest BCUT2D eigenvalue weighted by Gasteiger charge is 2.21. The molecule has 0 atom stereocenters. The van der Waals surface area contributed by atoms with Gasteiger partial charge in [0.15, 0.2) is 0 Å². The summed E-state index contributed by atoms with van der Waals surface area (Å²) in [5.74, 6) is -0.0529. The van der Waals surface area contributed by atoms with E-state index in [1.165, 1.54) is 0 Å². The summed E-state index contributed by atoms with van der Waals surface area (Å²) in [5, 5.41) is 11.1. The quantitative estimate of drug-likeness (QED) is 0.652. The van der Waals surface area contributed by atoms with Crippen LogP contribution in [0.25, 0.3) is 11.1 Å². The molecule has 2 aromatic heterocycles. The number of anilines is 1. The molecule has 3 rings (SSSR count). The number of nitrogens with zero attached hydrogens (tertiary/aromatic N) is 2. The number of carbonyl (C=O) groups is 1. The number of nitrogens with one attached hydrogen (secondary N) is 2. The zero-order valence-corrected chi connectivity index (χ0v) is 16.8. The van der Waals surface area contributed by atoms with E-state index in [1.807, 2.05) is 45.0 Å². The molecule has 0 aliphatic rings. The minimum atomic E-state index is -0.186. The Hall–Kier alpha value is -2.44. The Bertz CT molecular complexity index is 937. The number of aromatic nitrogens is 2. The third-order valence-electron chi connectivity index (χ3n) is 4.22. The maximum absolute atomic E-state index is 13.1.